The van der Waals surface area contributed by atoms with Crippen molar-refractivity contribution < 1.29 is 29.1 Å². The molecule has 0 aromatic rings. The summed E-state index contributed by atoms with van der Waals surface area (Å²) in [4.78, 5) is 20.1. The first kappa shape index (κ1) is 14.9. The summed E-state index contributed by atoms with van der Waals surface area (Å²) in [5.41, 5.74) is -0.557. The fourth-order valence-electron chi connectivity index (χ4n) is 0.639. The van der Waals surface area contributed by atoms with Crippen molar-refractivity contribution in [3.63, 3.8) is 0 Å². The quantitative estimate of drug-likeness (QED) is 0.181. The van der Waals surface area contributed by atoms with Crippen molar-refractivity contribution in [2.75, 3.05) is 13.2 Å². The zero-order valence-electron chi connectivity index (χ0n) is 9.76. The third-order valence-electron chi connectivity index (χ3n) is 1.13. The van der Waals surface area contributed by atoms with Crippen LogP contribution in [0, 0.1) is 0 Å². The van der Waals surface area contributed by atoms with E-state index in [2.05, 4.69) is 11.3 Å². The van der Waals surface area contributed by atoms with E-state index in [0.717, 1.165) is 0 Å². The molecular weight excluding hydrogens is 216 g/mol. The van der Waals surface area contributed by atoms with Gasteiger partial charge in [-0.2, -0.15) is 4.89 Å². The lowest BCUT2D eigenvalue weighted by Gasteiger charge is -2.22. The summed E-state index contributed by atoms with van der Waals surface area (Å²) in [6, 6.07) is 0. The molecule has 1 unspecified atom stereocenters. The lowest BCUT2D eigenvalue weighted by molar-refractivity contribution is -0.413. The van der Waals surface area contributed by atoms with Gasteiger partial charge in [-0.25, -0.2) is 9.68 Å². The molecule has 0 radical (unpaired) electrons. The second kappa shape index (κ2) is 7.21. The predicted molar refractivity (Wildman–Crippen MR) is 55.8 cm³/mol. The van der Waals surface area contributed by atoms with E-state index in [4.69, 9.17) is 19.6 Å². The van der Waals surface area contributed by atoms with Gasteiger partial charge < -0.3 is 14.6 Å². The third kappa shape index (κ3) is 9.45. The molecule has 6 heteroatoms. The molecule has 0 saturated heterocycles. The van der Waals surface area contributed by atoms with Gasteiger partial charge in [-0.15, -0.1) is 6.58 Å². The Morgan fingerprint density at radius 2 is 2.12 bits per heavy atom. The maximum atomic E-state index is 10.3. The summed E-state index contributed by atoms with van der Waals surface area (Å²) >= 11 is 0. The minimum absolute atomic E-state index is 0.0611. The molecule has 0 heterocycles. The van der Waals surface area contributed by atoms with Crippen LogP contribution in [0.25, 0.3) is 0 Å². The highest BCUT2D eigenvalue weighted by Gasteiger charge is 2.20. The Morgan fingerprint density at radius 3 is 2.56 bits per heavy atom. The van der Waals surface area contributed by atoms with E-state index in [0.29, 0.717) is 0 Å². The van der Waals surface area contributed by atoms with Crippen LogP contribution in [-0.2, 0) is 19.2 Å². The van der Waals surface area contributed by atoms with E-state index >= 15 is 0 Å². The van der Waals surface area contributed by atoms with Crippen LogP contribution in [-0.4, -0.2) is 36.4 Å². The molecule has 0 aliphatic heterocycles. The number of rotatable bonds is 7. The first-order valence-electron chi connectivity index (χ1n) is 4.78. The highest BCUT2D eigenvalue weighted by atomic mass is 17.2. The predicted octanol–water partition coefficient (Wildman–Crippen LogP) is 1.96. The zero-order chi connectivity index (χ0) is 12.6. The molecule has 94 valence electrons. The number of ether oxygens (including phenoxy) is 2. The Morgan fingerprint density at radius 1 is 1.50 bits per heavy atom. The summed E-state index contributed by atoms with van der Waals surface area (Å²) in [5, 5.41) is 8.44. The molecule has 0 rings (SSSR count). The standard InChI is InChI=1S/C10H18O6/c1-5-6-13-7-8(14-9(11)12)15-16-10(2,3)4/h5,8H,1,6-7H2,2-4H3,(H,11,12). The van der Waals surface area contributed by atoms with E-state index in [1.165, 1.54) is 6.08 Å². The van der Waals surface area contributed by atoms with Crippen molar-refractivity contribution in [3.05, 3.63) is 12.7 Å². The van der Waals surface area contributed by atoms with Crippen LogP contribution in [0.5, 0.6) is 0 Å². The summed E-state index contributed by atoms with van der Waals surface area (Å²) in [5.74, 6) is 0. The molecule has 0 aliphatic rings. The number of carbonyl (C=O) groups is 1. The van der Waals surface area contributed by atoms with E-state index < -0.39 is 18.0 Å². The Bertz CT molecular complexity index is 220. The average molecular weight is 234 g/mol. The molecule has 0 saturated carbocycles. The molecule has 1 N–H and O–H groups in total. The maximum Gasteiger partial charge on any atom is 0.508 e. The molecule has 0 aromatic carbocycles. The Labute approximate surface area is 94.7 Å². The van der Waals surface area contributed by atoms with Gasteiger partial charge in [-0.3, -0.25) is 0 Å². The monoisotopic (exact) mass is 234 g/mol. The summed E-state index contributed by atoms with van der Waals surface area (Å²) in [6.45, 7) is 8.94. The number of hydrogen-bond donors (Lipinski definition) is 1. The molecule has 6 nitrogen and oxygen atoms in total. The smallest absolute Gasteiger partial charge is 0.450 e. The van der Waals surface area contributed by atoms with E-state index in [-0.39, 0.29) is 13.2 Å². The van der Waals surface area contributed by atoms with Crippen molar-refractivity contribution in [2.24, 2.45) is 0 Å². The molecule has 0 fully saturated rings. The van der Waals surface area contributed by atoms with Crippen molar-refractivity contribution in [2.45, 2.75) is 32.7 Å². The molecule has 1 atom stereocenters. The summed E-state index contributed by atoms with van der Waals surface area (Å²) < 4.78 is 9.40. The van der Waals surface area contributed by atoms with Gasteiger partial charge in [0.05, 0.1) is 12.2 Å². The van der Waals surface area contributed by atoms with Crippen LogP contribution in [0.3, 0.4) is 0 Å². The Kier molecular flexibility index (Phi) is 6.71. The van der Waals surface area contributed by atoms with E-state index in [1.54, 1.807) is 20.8 Å². The molecule has 16 heavy (non-hydrogen) atoms. The largest absolute Gasteiger partial charge is 0.508 e. The average Bonchev–Trinajstić information content (AvgIpc) is 2.12. The molecule has 0 aromatic heterocycles. The molecule has 0 bridgehead atoms. The van der Waals surface area contributed by atoms with Crippen molar-refractivity contribution >= 4 is 6.16 Å². The number of hydrogen-bond acceptors (Lipinski definition) is 5. The van der Waals surface area contributed by atoms with Crippen LogP contribution in [0.15, 0.2) is 12.7 Å². The van der Waals surface area contributed by atoms with E-state index in [9.17, 15) is 4.79 Å². The second-order valence-electron chi connectivity index (χ2n) is 3.93. The first-order valence-corrected chi connectivity index (χ1v) is 4.78. The van der Waals surface area contributed by atoms with Crippen LogP contribution in [0.4, 0.5) is 4.79 Å². The lowest BCUT2D eigenvalue weighted by Crippen LogP contribution is -2.30. The highest BCUT2D eigenvalue weighted by Crippen LogP contribution is 2.10. The van der Waals surface area contributed by atoms with Gasteiger partial charge in [0.2, 0.25) is 0 Å². The summed E-state index contributed by atoms with van der Waals surface area (Å²) in [7, 11) is 0. The van der Waals surface area contributed by atoms with Crippen molar-refractivity contribution in [3.8, 4) is 0 Å². The van der Waals surface area contributed by atoms with Gasteiger partial charge in [0.15, 0.2) is 0 Å². The minimum Gasteiger partial charge on any atom is -0.450 e. The number of carboxylic acid groups (broad SMARTS) is 1. The van der Waals surface area contributed by atoms with Gasteiger partial charge in [0, 0.05) is 0 Å². The second-order valence-corrected chi connectivity index (χ2v) is 3.93. The van der Waals surface area contributed by atoms with Gasteiger partial charge in [0.25, 0.3) is 6.29 Å². The Hall–Kier alpha value is -1.11. The van der Waals surface area contributed by atoms with Gasteiger partial charge >= 0.3 is 6.16 Å². The molecular formula is C10H18O6. The normalized spacial score (nSPS) is 13.2. The molecule has 0 spiro atoms. The topological polar surface area (TPSA) is 74.2 Å². The zero-order valence-corrected chi connectivity index (χ0v) is 9.76. The SMILES string of the molecule is C=CCOCC(OOC(C)(C)C)OC(=O)O. The minimum atomic E-state index is -1.45. The van der Waals surface area contributed by atoms with Crippen LogP contribution < -0.4 is 0 Å². The highest BCUT2D eigenvalue weighted by molar-refractivity contribution is 5.56. The van der Waals surface area contributed by atoms with Crippen LogP contribution >= 0.6 is 0 Å². The molecule has 0 aliphatic carbocycles. The summed E-state index contributed by atoms with van der Waals surface area (Å²) in [6.07, 6.45) is -1.04. The maximum absolute atomic E-state index is 10.3. The first-order chi connectivity index (χ1) is 7.35. The Balaban J connectivity index is 3.99. The van der Waals surface area contributed by atoms with Gasteiger partial charge in [-0.05, 0) is 20.8 Å². The van der Waals surface area contributed by atoms with Crippen molar-refractivity contribution in [1.29, 1.82) is 0 Å². The van der Waals surface area contributed by atoms with Crippen LogP contribution in [0.1, 0.15) is 20.8 Å². The third-order valence-corrected chi connectivity index (χ3v) is 1.13. The van der Waals surface area contributed by atoms with Gasteiger partial charge in [-0.1, -0.05) is 6.08 Å². The lowest BCUT2D eigenvalue weighted by atomic mass is 10.2. The fraction of sp³-hybridized carbons (Fsp3) is 0.700. The molecule has 0 amide bonds. The van der Waals surface area contributed by atoms with Gasteiger partial charge in [0.1, 0.15) is 6.61 Å². The van der Waals surface area contributed by atoms with Crippen molar-refractivity contribution in [1.82, 2.24) is 0 Å². The fourth-order valence-corrected chi connectivity index (χ4v) is 0.639. The van der Waals surface area contributed by atoms with E-state index in [1.807, 2.05) is 0 Å². The van der Waals surface area contributed by atoms with Crippen LogP contribution in [0.2, 0.25) is 0 Å².